The van der Waals surface area contributed by atoms with Gasteiger partial charge in [-0.1, -0.05) is 44.2 Å². The monoisotopic (exact) mass is 261 g/mol. The van der Waals surface area contributed by atoms with Crippen molar-refractivity contribution in [3.63, 3.8) is 0 Å². The molecule has 1 aliphatic rings. The van der Waals surface area contributed by atoms with Crippen LogP contribution in [0.15, 0.2) is 24.3 Å². The Kier molecular flexibility index (Phi) is 5.56. The van der Waals surface area contributed by atoms with Gasteiger partial charge in [-0.2, -0.15) is 0 Å². The number of hydrogen-bond donors (Lipinski definition) is 1. The van der Waals surface area contributed by atoms with Crippen molar-refractivity contribution in [2.24, 2.45) is 0 Å². The van der Waals surface area contributed by atoms with E-state index >= 15 is 0 Å². The number of nitrogens with one attached hydrogen (secondary N) is 1. The van der Waals surface area contributed by atoms with Crippen molar-refractivity contribution in [1.29, 1.82) is 0 Å². The predicted octanol–water partition coefficient (Wildman–Crippen LogP) is 5.00. The zero-order valence-corrected chi connectivity index (χ0v) is 12.3. The number of anilines is 1. The fourth-order valence-corrected chi connectivity index (χ4v) is 2.76. The SMILES string of the molecule is CC(C)Oc1ccccc1NC1CCCCCCC1. The third-order valence-corrected chi connectivity index (χ3v) is 3.71. The van der Waals surface area contributed by atoms with Gasteiger partial charge < -0.3 is 10.1 Å². The standard InChI is InChI=1S/C17H27NO/c1-14(2)19-17-13-9-8-12-16(17)18-15-10-6-4-3-5-7-11-15/h8-9,12-15,18H,3-7,10-11H2,1-2H3. The Hall–Kier alpha value is -1.18. The molecule has 1 aromatic rings. The highest BCUT2D eigenvalue weighted by molar-refractivity contribution is 5.56. The minimum atomic E-state index is 0.222. The summed E-state index contributed by atoms with van der Waals surface area (Å²) in [5, 5.41) is 3.70. The molecule has 106 valence electrons. The van der Waals surface area contributed by atoms with Crippen LogP contribution < -0.4 is 10.1 Å². The molecule has 0 heterocycles. The zero-order chi connectivity index (χ0) is 13.5. The van der Waals surface area contributed by atoms with Crippen molar-refractivity contribution in [2.45, 2.75) is 70.9 Å². The zero-order valence-electron chi connectivity index (χ0n) is 12.3. The summed E-state index contributed by atoms with van der Waals surface area (Å²) in [6.07, 6.45) is 9.70. The second-order valence-electron chi connectivity index (χ2n) is 5.85. The van der Waals surface area contributed by atoms with E-state index in [1.807, 2.05) is 6.07 Å². The minimum absolute atomic E-state index is 0.222. The van der Waals surface area contributed by atoms with E-state index in [4.69, 9.17) is 4.74 Å². The Morgan fingerprint density at radius 3 is 2.32 bits per heavy atom. The first-order valence-electron chi connectivity index (χ1n) is 7.78. The number of rotatable bonds is 4. The van der Waals surface area contributed by atoms with Crippen LogP contribution in [-0.2, 0) is 0 Å². The highest BCUT2D eigenvalue weighted by Crippen LogP contribution is 2.28. The third kappa shape index (κ3) is 4.77. The first-order chi connectivity index (χ1) is 9.25. The molecule has 19 heavy (non-hydrogen) atoms. The number of ether oxygens (including phenoxy) is 1. The summed E-state index contributed by atoms with van der Waals surface area (Å²) in [6.45, 7) is 4.15. The van der Waals surface area contributed by atoms with Crippen LogP contribution in [0.25, 0.3) is 0 Å². The molecule has 1 fully saturated rings. The van der Waals surface area contributed by atoms with Gasteiger partial charge in [-0.25, -0.2) is 0 Å². The van der Waals surface area contributed by atoms with Gasteiger partial charge in [-0.15, -0.1) is 0 Å². The maximum absolute atomic E-state index is 5.88. The molecule has 0 saturated heterocycles. The fraction of sp³-hybridized carbons (Fsp3) is 0.647. The summed E-state index contributed by atoms with van der Waals surface area (Å²) in [5.74, 6) is 0.986. The van der Waals surface area contributed by atoms with Gasteiger partial charge in [-0.05, 0) is 38.8 Å². The van der Waals surface area contributed by atoms with E-state index in [2.05, 4.69) is 37.4 Å². The normalized spacial score (nSPS) is 17.8. The molecule has 1 saturated carbocycles. The molecule has 0 aromatic heterocycles. The molecule has 0 atom stereocenters. The summed E-state index contributed by atoms with van der Waals surface area (Å²) in [7, 11) is 0. The fourth-order valence-electron chi connectivity index (χ4n) is 2.76. The lowest BCUT2D eigenvalue weighted by Gasteiger charge is -2.24. The maximum Gasteiger partial charge on any atom is 0.142 e. The summed E-state index contributed by atoms with van der Waals surface area (Å²) in [6, 6.07) is 8.93. The highest BCUT2D eigenvalue weighted by Gasteiger charge is 2.13. The molecule has 0 spiro atoms. The van der Waals surface area contributed by atoms with Crippen LogP contribution in [0.5, 0.6) is 5.75 Å². The van der Waals surface area contributed by atoms with Crippen LogP contribution in [0.4, 0.5) is 5.69 Å². The van der Waals surface area contributed by atoms with Crippen molar-refractivity contribution >= 4 is 5.69 Å². The highest BCUT2D eigenvalue weighted by atomic mass is 16.5. The average Bonchev–Trinajstić information content (AvgIpc) is 2.34. The van der Waals surface area contributed by atoms with Crippen LogP contribution in [0.1, 0.15) is 58.8 Å². The molecule has 0 amide bonds. The van der Waals surface area contributed by atoms with E-state index in [1.54, 1.807) is 0 Å². The smallest absolute Gasteiger partial charge is 0.142 e. The van der Waals surface area contributed by atoms with Gasteiger partial charge in [0.1, 0.15) is 5.75 Å². The first kappa shape index (κ1) is 14.2. The lowest BCUT2D eigenvalue weighted by molar-refractivity contribution is 0.243. The Bertz CT molecular complexity index is 367. The Balaban J connectivity index is 2.00. The van der Waals surface area contributed by atoms with Gasteiger partial charge in [0.05, 0.1) is 11.8 Å². The lowest BCUT2D eigenvalue weighted by atomic mass is 9.96. The second kappa shape index (κ2) is 7.42. The number of benzene rings is 1. The molecule has 2 rings (SSSR count). The third-order valence-electron chi connectivity index (χ3n) is 3.71. The minimum Gasteiger partial charge on any atom is -0.489 e. The number of hydrogen-bond acceptors (Lipinski definition) is 2. The topological polar surface area (TPSA) is 21.3 Å². The van der Waals surface area contributed by atoms with Gasteiger partial charge in [0.2, 0.25) is 0 Å². The summed E-state index contributed by atoms with van der Waals surface area (Å²) < 4.78 is 5.88. The molecule has 0 radical (unpaired) electrons. The van der Waals surface area contributed by atoms with Crippen molar-refractivity contribution in [3.05, 3.63) is 24.3 Å². The summed E-state index contributed by atoms with van der Waals surface area (Å²) >= 11 is 0. The van der Waals surface area contributed by atoms with E-state index in [0.29, 0.717) is 6.04 Å². The second-order valence-corrected chi connectivity index (χ2v) is 5.85. The van der Waals surface area contributed by atoms with Crippen LogP contribution in [0.2, 0.25) is 0 Å². The van der Waals surface area contributed by atoms with E-state index in [0.717, 1.165) is 11.4 Å². The summed E-state index contributed by atoms with van der Waals surface area (Å²) in [4.78, 5) is 0. The van der Waals surface area contributed by atoms with E-state index in [9.17, 15) is 0 Å². The average molecular weight is 261 g/mol. The van der Waals surface area contributed by atoms with Gasteiger partial charge in [-0.3, -0.25) is 0 Å². The largest absolute Gasteiger partial charge is 0.489 e. The van der Waals surface area contributed by atoms with Crippen molar-refractivity contribution in [1.82, 2.24) is 0 Å². The van der Waals surface area contributed by atoms with Gasteiger partial charge in [0.15, 0.2) is 0 Å². The van der Waals surface area contributed by atoms with Gasteiger partial charge in [0.25, 0.3) is 0 Å². The lowest BCUT2D eigenvalue weighted by Crippen LogP contribution is -2.21. The Labute approximate surface area is 117 Å². The summed E-state index contributed by atoms with van der Waals surface area (Å²) in [5.41, 5.74) is 1.15. The molecule has 2 heteroatoms. The molecule has 1 aliphatic carbocycles. The van der Waals surface area contributed by atoms with E-state index in [1.165, 1.54) is 44.9 Å². The molecule has 0 aliphatic heterocycles. The number of para-hydroxylation sites is 2. The maximum atomic E-state index is 5.88. The molecular weight excluding hydrogens is 234 g/mol. The van der Waals surface area contributed by atoms with Crippen LogP contribution in [0.3, 0.4) is 0 Å². The molecule has 0 unspecified atom stereocenters. The van der Waals surface area contributed by atoms with Crippen LogP contribution in [-0.4, -0.2) is 12.1 Å². The van der Waals surface area contributed by atoms with Crippen molar-refractivity contribution in [2.75, 3.05) is 5.32 Å². The van der Waals surface area contributed by atoms with Gasteiger partial charge in [0, 0.05) is 6.04 Å². The Morgan fingerprint density at radius 1 is 1.00 bits per heavy atom. The molecular formula is C17H27NO. The van der Waals surface area contributed by atoms with Crippen LogP contribution >= 0.6 is 0 Å². The molecule has 1 aromatic carbocycles. The van der Waals surface area contributed by atoms with Crippen molar-refractivity contribution < 1.29 is 4.74 Å². The van der Waals surface area contributed by atoms with Crippen molar-refractivity contribution in [3.8, 4) is 5.75 Å². The van der Waals surface area contributed by atoms with Crippen LogP contribution in [0, 0.1) is 0 Å². The molecule has 1 N–H and O–H groups in total. The predicted molar refractivity (Wildman–Crippen MR) is 81.9 cm³/mol. The molecule has 0 bridgehead atoms. The van der Waals surface area contributed by atoms with Gasteiger partial charge >= 0.3 is 0 Å². The quantitative estimate of drug-likeness (QED) is 0.823. The molecule has 2 nitrogen and oxygen atoms in total. The Morgan fingerprint density at radius 2 is 1.63 bits per heavy atom. The van der Waals surface area contributed by atoms with E-state index in [-0.39, 0.29) is 6.10 Å². The first-order valence-corrected chi connectivity index (χ1v) is 7.78. The van der Waals surface area contributed by atoms with E-state index < -0.39 is 0 Å².